The van der Waals surface area contributed by atoms with Gasteiger partial charge in [-0.3, -0.25) is 0 Å². The van der Waals surface area contributed by atoms with E-state index in [4.69, 9.17) is 15.2 Å². The Labute approximate surface area is 120 Å². The van der Waals surface area contributed by atoms with E-state index in [9.17, 15) is 0 Å². The molecule has 4 saturated carbocycles. The second-order valence-electron chi connectivity index (χ2n) is 7.55. The van der Waals surface area contributed by atoms with Crippen molar-refractivity contribution >= 4 is 0 Å². The van der Waals surface area contributed by atoms with Crippen molar-refractivity contribution in [2.24, 2.45) is 23.5 Å². The maximum atomic E-state index is 6.11. The molecule has 2 N–H and O–H groups in total. The first kappa shape index (κ1) is 12.8. The van der Waals surface area contributed by atoms with Crippen LogP contribution in [0, 0.1) is 17.8 Å². The molecule has 4 bridgehead atoms. The molecule has 1 atom stereocenters. The minimum atomic E-state index is -0.0878. The van der Waals surface area contributed by atoms with Gasteiger partial charge in [0.15, 0.2) is 5.82 Å². The molecule has 5 rings (SSSR count). The molecule has 0 amide bonds. The Morgan fingerprint density at radius 2 is 1.80 bits per heavy atom. The fraction of sp³-hybridized carbons (Fsp3) is 0.875. The third kappa shape index (κ3) is 1.92. The van der Waals surface area contributed by atoms with Crippen molar-refractivity contribution in [1.82, 2.24) is 10.1 Å². The number of nitrogens with zero attached hydrogens (tertiary/aromatic N) is 2. The summed E-state index contributed by atoms with van der Waals surface area (Å²) in [7, 11) is 0. The highest BCUT2D eigenvalue weighted by molar-refractivity contribution is 5.16. The first-order valence-electron chi connectivity index (χ1n) is 8.28. The van der Waals surface area contributed by atoms with E-state index >= 15 is 0 Å². The third-order valence-electron chi connectivity index (χ3n) is 5.87. The second-order valence-corrected chi connectivity index (χ2v) is 7.55. The molecular weight excluding hydrogens is 250 g/mol. The van der Waals surface area contributed by atoms with Gasteiger partial charge < -0.3 is 10.3 Å². The van der Waals surface area contributed by atoms with Gasteiger partial charge in [-0.05, 0) is 62.7 Å². The lowest BCUT2D eigenvalue weighted by Gasteiger charge is -2.55. The molecule has 1 heterocycles. The number of aromatic nitrogens is 2. The van der Waals surface area contributed by atoms with Crippen LogP contribution in [0.25, 0.3) is 0 Å². The molecule has 4 heteroatoms. The van der Waals surface area contributed by atoms with E-state index in [1.807, 2.05) is 0 Å². The molecule has 0 aliphatic heterocycles. The van der Waals surface area contributed by atoms with E-state index in [0.29, 0.717) is 5.89 Å². The summed E-state index contributed by atoms with van der Waals surface area (Å²) in [4.78, 5) is 4.72. The quantitative estimate of drug-likeness (QED) is 0.915. The molecule has 0 saturated heterocycles. The molecule has 1 aromatic heterocycles. The van der Waals surface area contributed by atoms with Crippen molar-refractivity contribution in [2.75, 3.05) is 0 Å². The number of hydrogen-bond acceptors (Lipinski definition) is 4. The van der Waals surface area contributed by atoms with Gasteiger partial charge >= 0.3 is 0 Å². The number of rotatable bonds is 4. The third-order valence-corrected chi connectivity index (χ3v) is 5.87. The van der Waals surface area contributed by atoms with Crippen LogP contribution in [-0.4, -0.2) is 10.1 Å². The van der Waals surface area contributed by atoms with Crippen molar-refractivity contribution in [2.45, 2.75) is 69.7 Å². The molecule has 1 aromatic rings. The van der Waals surface area contributed by atoms with Crippen LogP contribution in [0.2, 0.25) is 0 Å². The fourth-order valence-electron chi connectivity index (χ4n) is 5.42. The van der Waals surface area contributed by atoms with Gasteiger partial charge in [0.05, 0.1) is 6.04 Å². The fourth-order valence-corrected chi connectivity index (χ4v) is 5.42. The Morgan fingerprint density at radius 3 is 2.35 bits per heavy atom. The zero-order valence-corrected chi connectivity index (χ0v) is 12.3. The average molecular weight is 275 g/mol. The second kappa shape index (κ2) is 4.55. The van der Waals surface area contributed by atoms with Crippen molar-refractivity contribution < 1.29 is 4.52 Å². The molecule has 4 fully saturated rings. The van der Waals surface area contributed by atoms with E-state index in [1.54, 1.807) is 0 Å². The largest absolute Gasteiger partial charge is 0.338 e. The molecule has 0 unspecified atom stereocenters. The highest BCUT2D eigenvalue weighted by Gasteiger charge is 2.53. The van der Waals surface area contributed by atoms with Gasteiger partial charge in [-0.15, -0.1) is 0 Å². The van der Waals surface area contributed by atoms with Crippen LogP contribution in [0.4, 0.5) is 0 Å². The highest BCUT2D eigenvalue weighted by Crippen LogP contribution is 2.60. The van der Waals surface area contributed by atoms with Crippen LogP contribution in [0.5, 0.6) is 0 Å². The van der Waals surface area contributed by atoms with Gasteiger partial charge in [0.2, 0.25) is 5.89 Å². The summed E-state index contributed by atoms with van der Waals surface area (Å²) in [6.45, 7) is 2.14. The molecule has 20 heavy (non-hydrogen) atoms. The Kier molecular flexibility index (Phi) is 2.92. The van der Waals surface area contributed by atoms with Gasteiger partial charge in [-0.2, -0.15) is 4.98 Å². The molecular formula is C16H25N3O. The number of hydrogen-bond donors (Lipinski definition) is 1. The lowest BCUT2D eigenvalue weighted by Crippen LogP contribution is -2.49. The van der Waals surface area contributed by atoms with Crippen molar-refractivity contribution in [3.8, 4) is 0 Å². The minimum Gasteiger partial charge on any atom is -0.338 e. The summed E-state index contributed by atoms with van der Waals surface area (Å²) in [5.41, 5.74) is 6.34. The maximum Gasteiger partial charge on any atom is 0.243 e. The molecule has 0 radical (unpaired) electrons. The van der Waals surface area contributed by atoms with Crippen LogP contribution < -0.4 is 5.73 Å². The maximum absolute atomic E-state index is 6.11. The first-order valence-corrected chi connectivity index (χ1v) is 8.28. The minimum absolute atomic E-state index is 0.0878. The zero-order chi connectivity index (χ0) is 13.7. The Hall–Kier alpha value is -0.900. The summed E-state index contributed by atoms with van der Waals surface area (Å²) in [5.74, 6) is 4.35. The Bertz CT molecular complexity index is 460. The van der Waals surface area contributed by atoms with E-state index in [0.717, 1.165) is 36.4 Å². The topological polar surface area (TPSA) is 64.9 Å². The van der Waals surface area contributed by atoms with Crippen molar-refractivity contribution in [3.05, 3.63) is 11.7 Å². The normalized spacial score (nSPS) is 40.2. The summed E-state index contributed by atoms with van der Waals surface area (Å²) in [5, 5.41) is 4.34. The molecule has 4 aliphatic rings. The standard InChI is InChI=1S/C16H25N3O/c1-2-3-13(17)14-18-15(19-20-14)16-7-10-4-11(8-16)6-12(5-10)9-16/h10-13H,2-9,17H2,1H3/t10?,11?,12?,13-,16?/m0/s1. The number of nitrogens with two attached hydrogens (primary N) is 1. The predicted molar refractivity (Wildman–Crippen MR) is 76.0 cm³/mol. The summed E-state index contributed by atoms with van der Waals surface area (Å²) in [6, 6.07) is -0.0878. The van der Waals surface area contributed by atoms with Crippen LogP contribution in [-0.2, 0) is 5.41 Å². The molecule has 110 valence electrons. The monoisotopic (exact) mass is 275 g/mol. The smallest absolute Gasteiger partial charge is 0.243 e. The van der Waals surface area contributed by atoms with Crippen LogP contribution in [0.15, 0.2) is 4.52 Å². The van der Waals surface area contributed by atoms with Crippen LogP contribution in [0.3, 0.4) is 0 Å². The molecule has 0 spiro atoms. The van der Waals surface area contributed by atoms with Gasteiger partial charge in [0.25, 0.3) is 0 Å². The van der Waals surface area contributed by atoms with E-state index in [2.05, 4.69) is 12.1 Å². The first-order chi connectivity index (χ1) is 9.68. The molecule has 0 aromatic carbocycles. The SMILES string of the molecule is CCC[C@H](N)c1nc(C23CC4CC(CC(C4)C2)C3)no1. The molecule has 4 aliphatic carbocycles. The van der Waals surface area contributed by atoms with Crippen LogP contribution in [0.1, 0.15) is 76.0 Å². The van der Waals surface area contributed by atoms with Crippen molar-refractivity contribution in [3.63, 3.8) is 0 Å². The molecule has 4 nitrogen and oxygen atoms in total. The van der Waals surface area contributed by atoms with E-state index in [1.165, 1.54) is 38.5 Å². The van der Waals surface area contributed by atoms with Gasteiger partial charge in [0, 0.05) is 5.41 Å². The summed E-state index contributed by atoms with van der Waals surface area (Å²) < 4.78 is 5.48. The lowest BCUT2D eigenvalue weighted by molar-refractivity contribution is -0.0103. The Balaban J connectivity index is 1.61. The van der Waals surface area contributed by atoms with Crippen molar-refractivity contribution in [1.29, 1.82) is 0 Å². The van der Waals surface area contributed by atoms with Gasteiger partial charge in [-0.1, -0.05) is 18.5 Å². The summed E-state index contributed by atoms with van der Waals surface area (Å²) >= 11 is 0. The van der Waals surface area contributed by atoms with Gasteiger partial charge in [0.1, 0.15) is 0 Å². The van der Waals surface area contributed by atoms with Crippen LogP contribution >= 0.6 is 0 Å². The summed E-state index contributed by atoms with van der Waals surface area (Å²) in [6.07, 6.45) is 10.1. The highest BCUT2D eigenvalue weighted by atomic mass is 16.5. The average Bonchev–Trinajstić information content (AvgIpc) is 2.87. The van der Waals surface area contributed by atoms with E-state index in [-0.39, 0.29) is 11.5 Å². The van der Waals surface area contributed by atoms with E-state index < -0.39 is 0 Å². The zero-order valence-electron chi connectivity index (χ0n) is 12.3. The predicted octanol–water partition coefficient (Wildman–Crippen LogP) is 3.34. The lowest BCUT2D eigenvalue weighted by atomic mass is 9.49. The van der Waals surface area contributed by atoms with Gasteiger partial charge in [-0.25, -0.2) is 0 Å². The Morgan fingerprint density at radius 1 is 1.20 bits per heavy atom.